The molecule has 0 aliphatic rings. The molecule has 0 bridgehead atoms. The zero-order valence-electron chi connectivity index (χ0n) is 25.4. The molecule has 2 unspecified atom stereocenters. The summed E-state index contributed by atoms with van der Waals surface area (Å²) in [5.41, 5.74) is 5.18. The molecule has 2 atom stereocenters. The van der Waals surface area contributed by atoms with Gasteiger partial charge in [-0.2, -0.15) is 0 Å². The minimum atomic E-state index is -4.26. The highest BCUT2D eigenvalue weighted by Gasteiger charge is 2.22. The van der Waals surface area contributed by atoms with Gasteiger partial charge < -0.3 is 20.5 Å². The van der Waals surface area contributed by atoms with E-state index in [2.05, 4.69) is 101 Å². The van der Waals surface area contributed by atoms with Crippen LogP contribution in [0.3, 0.4) is 0 Å². The van der Waals surface area contributed by atoms with Crippen molar-refractivity contribution in [2.75, 3.05) is 26.4 Å². The Balaban J connectivity index is 3.64. The first-order chi connectivity index (χ1) is 20.4. The van der Waals surface area contributed by atoms with E-state index in [1.807, 2.05) is 0 Å². The smallest absolute Gasteiger partial charge is 0.463 e. The molecular weight excluding hydrogens is 553 g/mol. The number of hydrogen-bond acceptors (Lipinski definition) is 7. The number of aliphatic hydroxyl groups is 1. The Morgan fingerprint density at radius 2 is 1.19 bits per heavy atom. The molecule has 8 nitrogen and oxygen atoms in total. The van der Waals surface area contributed by atoms with Crippen molar-refractivity contribution in [3.05, 3.63) is 85.1 Å². The zero-order valence-corrected chi connectivity index (χ0v) is 26.3. The van der Waals surface area contributed by atoms with Gasteiger partial charge in [-0.1, -0.05) is 98.4 Å². The number of unbranched alkanes of at least 4 members (excludes halogenated alkanes) is 3. The van der Waals surface area contributed by atoms with Crippen LogP contribution in [0, 0.1) is 0 Å². The molecule has 0 spiro atoms. The van der Waals surface area contributed by atoms with E-state index in [1.165, 1.54) is 0 Å². The van der Waals surface area contributed by atoms with Gasteiger partial charge in [0.05, 0.1) is 13.2 Å². The Bertz CT molecular complexity index is 906. The molecule has 9 heteroatoms. The molecule has 0 aliphatic heterocycles. The predicted molar refractivity (Wildman–Crippen MR) is 173 cm³/mol. The third kappa shape index (κ3) is 30.6. The van der Waals surface area contributed by atoms with Gasteiger partial charge in [0.15, 0.2) is 0 Å². The minimum absolute atomic E-state index is 0.0642. The molecule has 0 fully saturated rings. The normalized spacial score (nSPS) is 15.0. The molecule has 0 heterocycles. The zero-order chi connectivity index (χ0) is 31.0. The molecule has 238 valence electrons. The van der Waals surface area contributed by atoms with Crippen LogP contribution >= 0.6 is 7.82 Å². The van der Waals surface area contributed by atoms with Crippen LogP contribution in [0.2, 0.25) is 0 Å². The first kappa shape index (κ1) is 39.7. The third-order valence-corrected chi connectivity index (χ3v) is 6.51. The molecule has 0 radical (unpaired) electrons. The maximum Gasteiger partial charge on any atom is 0.472 e. The van der Waals surface area contributed by atoms with Crippen LogP contribution in [-0.4, -0.2) is 48.4 Å². The van der Waals surface area contributed by atoms with Crippen LogP contribution in [0.5, 0.6) is 0 Å². The van der Waals surface area contributed by atoms with E-state index in [-0.39, 0.29) is 26.2 Å². The summed E-state index contributed by atoms with van der Waals surface area (Å²) in [6, 6.07) is 0. The van der Waals surface area contributed by atoms with Gasteiger partial charge in [0, 0.05) is 13.0 Å². The van der Waals surface area contributed by atoms with Crippen molar-refractivity contribution >= 4 is 13.8 Å². The quantitative estimate of drug-likeness (QED) is 0.0377. The molecule has 0 amide bonds. The van der Waals surface area contributed by atoms with Crippen LogP contribution in [0.25, 0.3) is 0 Å². The Morgan fingerprint density at radius 3 is 1.67 bits per heavy atom. The third-order valence-electron chi connectivity index (χ3n) is 5.53. The van der Waals surface area contributed by atoms with Crippen molar-refractivity contribution in [1.82, 2.24) is 0 Å². The Labute approximate surface area is 254 Å². The largest absolute Gasteiger partial charge is 0.472 e. The number of allylic oxidation sites excluding steroid dienone is 14. The number of aliphatic hydroxyl groups excluding tert-OH is 1. The number of carbonyl (C=O) groups is 1. The number of nitrogens with two attached hydrogens (primary N) is 1. The first-order valence-electron chi connectivity index (χ1n) is 15.1. The molecule has 0 aliphatic carbocycles. The second-order valence-electron chi connectivity index (χ2n) is 9.44. The van der Waals surface area contributed by atoms with E-state index >= 15 is 0 Å². The summed E-state index contributed by atoms with van der Waals surface area (Å²) in [7, 11) is -4.26. The predicted octanol–water partition coefficient (Wildman–Crippen LogP) is 7.58. The molecule has 0 saturated heterocycles. The number of carbonyl (C=O) groups excluding carboxylic acids is 1. The highest BCUT2D eigenvalue weighted by molar-refractivity contribution is 7.47. The monoisotopic (exact) mass is 607 g/mol. The number of esters is 1. The van der Waals surface area contributed by atoms with E-state index in [0.29, 0.717) is 6.42 Å². The second kappa shape index (κ2) is 30.1. The van der Waals surface area contributed by atoms with E-state index in [4.69, 9.17) is 10.5 Å². The van der Waals surface area contributed by atoms with Gasteiger partial charge in [-0.3, -0.25) is 13.8 Å². The molecule has 0 aromatic heterocycles. The lowest BCUT2D eigenvalue weighted by Gasteiger charge is -2.15. The number of phosphoric acid groups is 1. The van der Waals surface area contributed by atoms with Gasteiger partial charge in [0.1, 0.15) is 12.7 Å². The fraction of sp³-hybridized carbons (Fsp3) is 0.545. The van der Waals surface area contributed by atoms with Crippen LogP contribution in [0.4, 0.5) is 0 Å². The lowest BCUT2D eigenvalue weighted by atomic mass is 10.1. The fourth-order valence-electron chi connectivity index (χ4n) is 3.31. The minimum Gasteiger partial charge on any atom is -0.463 e. The van der Waals surface area contributed by atoms with Crippen LogP contribution < -0.4 is 5.73 Å². The number of rotatable bonds is 27. The van der Waals surface area contributed by atoms with E-state index in [0.717, 1.165) is 64.2 Å². The Kier molecular flexibility index (Phi) is 28.5. The highest BCUT2D eigenvalue weighted by atomic mass is 31.2. The molecular formula is C33H54NO7P. The van der Waals surface area contributed by atoms with Crippen molar-refractivity contribution in [2.24, 2.45) is 5.73 Å². The van der Waals surface area contributed by atoms with Crippen LogP contribution in [0.15, 0.2) is 85.1 Å². The SMILES string of the molecule is CC/C=C\C/C=C\C/C=C\C/C=C\C/C=C\C/C=C\C/C=C\CCCCCC(=O)OCC(O)COP(=O)(O)OCCN. The number of ether oxygens (including phenoxy) is 1. The van der Waals surface area contributed by atoms with Gasteiger partial charge in [0.2, 0.25) is 0 Å². The van der Waals surface area contributed by atoms with Crippen LogP contribution in [0.1, 0.15) is 84.0 Å². The van der Waals surface area contributed by atoms with E-state index in [1.54, 1.807) is 0 Å². The highest BCUT2D eigenvalue weighted by Crippen LogP contribution is 2.42. The van der Waals surface area contributed by atoms with Gasteiger partial charge in [-0.05, 0) is 64.2 Å². The Morgan fingerprint density at radius 1 is 0.714 bits per heavy atom. The van der Waals surface area contributed by atoms with Crippen molar-refractivity contribution in [3.63, 3.8) is 0 Å². The molecule has 0 saturated carbocycles. The summed E-state index contributed by atoms with van der Waals surface area (Å²) in [6.45, 7) is 1.27. The lowest BCUT2D eigenvalue weighted by Crippen LogP contribution is -2.23. The van der Waals surface area contributed by atoms with Gasteiger partial charge in [-0.15, -0.1) is 0 Å². The molecule has 0 rings (SSSR count). The molecule has 42 heavy (non-hydrogen) atoms. The standard InChI is InChI=1S/C33H54NO7P/c1-2-3-4-5-6-7-8-9-10-11-12-13-14-15-16-17-18-19-20-21-22-23-24-25-26-27-33(36)39-30-32(35)31-41-42(37,38)40-29-28-34/h3-4,6-7,9-10,12-13,15-16,18-19,21-22,32,35H,2,5,8,11,14,17,20,23-31,34H2,1H3,(H,37,38)/b4-3-,7-6-,10-9-,13-12-,16-15-,19-18-,22-21-. The summed E-state index contributed by atoms with van der Waals surface area (Å²) in [4.78, 5) is 21.1. The summed E-state index contributed by atoms with van der Waals surface area (Å²) < 4.78 is 25.6. The van der Waals surface area contributed by atoms with Crippen LogP contribution in [-0.2, 0) is 23.1 Å². The van der Waals surface area contributed by atoms with Gasteiger partial charge in [0.25, 0.3) is 0 Å². The van der Waals surface area contributed by atoms with Crippen molar-refractivity contribution in [2.45, 2.75) is 90.1 Å². The second-order valence-corrected chi connectivity index (χ2v) is 10.9. The summed E-state index contributed by atoms with van der Waals surface area (Å²) in [6.07, 6.45) is 40.1. The number of hydrogen-bond donors (Lipinski definition) is 3. The molecule has 0 aromatic carbocycles. The number of phosphoric ester groups is 1. The first-order valence-corrected chi connectivity index (χ1v) is 16.6. The Hall–Kier alpha value is -2.32. The van der Waals surface area contributed by atoms with Crippen molar-refractivity contribution < 1.29 is 33.1 Å². The molecule has 0 aromatic rings. The summed E-state index contributed by atoms with van der Waals surface area (Å²) in [5, 5.41) is 9.72. The van der Waals surface area contributed by atoms with E-state index < -0.39 is 26.5 Å². The van der Waals surface area contributed by atoms with Gasteiger partial charge >= 0.3 is 13.8 Å². The molecule has 4 N–H and O–H groups in total. The average Bonchev–Trinajstić information content (AvgIpc) is 2.98. The van der Waals surface area contributed by atoms with Crippen molar-refractivity contribution in [1.29, 1.82) is 0 Å². The summed E-state index contributed by atoms with van der Waals surface area (Å²) in [5.74, 6) is -0.422. The lowest BCUT2D eigenvalue weighted by molar-refractivity contribution is -0.147. The summed E-state index contributed by atoms with van der Waals surface area (Å²) >= 11 is 0. The topological polar surface area (TPSA) is 128 Å². The maximum absolute atomic E-state index is 11.8. The van der Waals surface area contributed by atoms with Crippen molar-refractivity contribution in [3.8, 4) is 0 Å². The fourth-order valence-corrected chi connectivity index (χ4v) is 4.09. The van der Waals surface area contributed by atoms with Gasteiger partial charge in [-0.25, -0.2) is 4.57 Å². The maximum atomic E-state index is 11.8. The average molecular weight is 608 g/mol. The van der Waals surface area contributed by atoms with E-state index in [9.17, 15) is 19.4 Å².